The van der Waals surface area contributed by atoms with Crippen LogP contribution in [0.4, 0.5) is 10.5 Å². The van der Waals surface area contributed by atoms with Crippen LogP contribution in [0.15, 0.2) is 18.2 Å². The van der Waals surface area contributed by atoms with Crippen LogP contribution in [0.1, 0.15) is 32.8 Å². The Labute approximate surface area is 112 Å². The number of para-hydroxylation sites is 1. The lowest BCUT2D eigenvalue weighted by Crippen LogP contribution is -2.27. The normalized spacial score (nSPS) is 10.9. The fourth-order valence-electron chi connectivity index (χ4n) is 1.56. The number of phenols is 1. The minimum absolute atomic E-state index is 0.0470. The van der Waals surface area contributed by atoms with E-state index < -0.39 is 11.7 Å². The van der Waals surface area contributed by atoms with E-state index in [-0.39, 0.29) is 5.75 Å². The summed E-state index contributed by atoms with van der Waals surface area (Å²) in [5.41, 5.74) is 0.369. The number of rotatable bonds is 4. The van der Waals surface area contributed by atoms with E-state index in [2.05, 4.69) is 5.32 Å². The van der Waals surface area contributed by atoms with Crippen LogP contribution in [-0.4, -0.2) is 23.1 Å². The van der Waals surface area contributed by atoms with Gasteiger partial charge in [-0.3, -0.25) is 5.32 Å². The van der Waals surface area contributed by atoms with E-state index in [4.69, 9.17) is 4.74 Å². The fraction of sp³-hybridized carbons (Fsp3) is 0.429. The van der Waals surface area contributed by atoms with E-state index in [0.29, 0.717) is 24.1 Å². The predicted octanol–water partition coefficient (Wildman–Crippen LogP) is 2.87. The highest BCUT2D eigenvalue weighted by Crippen LogP contribution is 2.28. The van der Waals surface area contributed by atoms with Gasteiger partial charge in [0.15, 0.2) is 0 Å². The molecule has 0 saturated carbocycles. The average Bonchev–Trinajstić information content (AvgIpc) is 2.27. The molecule has 5 heteroatoms. The molecule has 0 spiro atoms. The highest BCUT2D eigenvalue weighted by Gasteiger charge is 2.18. The standard InChI is InChI=1S/C14H19NO4/c1-14(2,3)19-13(18)15-12-10(7-5-9-16)6-4-8-11(12)17/h4,6,8-9,17H,5,7H2,1-3H3,(H,15,18). The molecule has 5 nitrogen and oxygen atoms in total. The monoisotopic (exact) mass is 265 g/mol. The van der Waals surface area contributed by atoms with Crippen LogP contribution in [0.3, 0.4) is 0 Å². The van der Waals surface area contributed by atoms with E-state index in [1.54, 1.807) is 32.9 Å². The molecule has 0 heterocycles. The van der Waals surface area contributed by atoms with Crippen molar-refractivity contribution < 1.29 is 19.4 Å². The van der Waals surface area contributed by atoms with Crippen LogP contribution < -0.4 is 5.32 Å². The summed E-state index contributed by atoms with van der Waals surface area (Å²) in [5.74, 6) is -0.0470. The number of hydrogen-bond acceptors (Lipinski definition) is 4. The molecular formula is C14H19NO4. The first-order valence-electron chi connectivity index (χ1n) is 6.08. The molecule has 0 saturated heterocycles. The van der Waals surface area contributed by atoms with Crippen molar-refractivity contribution in [2.75, 3.05) is 5.32 Å². The quantitative estimate of drug-likeness (QED) is 0.648. The molecule has 2 N–H and O–H groups in total. The van der Waals surface area contributed by atoms with E-state index in [1.807, 2.05) is 0 Å². The molecule has 0 aliphatic heterocycles. The molecule has 104 valence electrons. The smallest absolute Gasteiger partial charge is 0.412 e. The molecule has 19 heavy (non-hydrogen) atoms. The largest absolute Gasteiger partial charge is 0.506 e. The molecule has 0 atom stereocenters. The molecule has 1 amide bonds. The molecule has 1 aromatic carbocycles. The SMILES string of the molecule is CC(C)(C)OC(=O)Nc1c(O)cccc1CCC=O. The first kappa shape index (κ1) is 15.0. The second-order valence-electron chi connectivity index (χ2n) is 5.14. The van der Waals surface area contributed by atoms with Gasteiger partial charge in [0.05, 0.1) is 5.69 Å². The van der Waals surface area contributed by atoms with Crippen molar-refractivity contribution in [3.8, 4) is 5.75 Å². The average molecular weight is 265 g/mol. The minimum Gasteiger partial charge on any atom is -0.506 e. The maximum Gasteiger partial charge on any atom is 0.412 e. The van der Waals surface area contributed by atoms with E-state index in [1.165, 1.54) is 6.07 Å². The topological polar surface area (TPSA) is 75.6 Å². The Morgan fingerprint density at radius 2 is 2.11 bits per heavy atom. The van der Waals surface area contributed by atoms with Gasteiger partial charge in [-0.2, -0.15) is 0 Å². The molecular weight excluding hydrogens is 246 g/mol. The Kier molecular flexibility index (Phi) is 4.92. The molecule has 0 radical (unpaired) electrons. The Hall–Kier alpha value is -2.04. The van der Waals surface area contributed by atoms with Gasteiger partial charge in [0.25, 0.3) is 0 Å². The van der Waals surface area contributed by atoms with Gasteiger partial charge in [-0.1, -0.05) is 12.1 Å². The second-order valence-corrected chi connectivity index (χ2v) is 5.14. The first-order valence-corrected chi connectivity index (χ1v) is 6.08. The van der Waals surface area contributed by atoms with Crippen molar-refractivity contribution in [2.45, 2.75) is 39.2 Å². The molecule has 0 fully saturated rings. The van der Waals surface area contributed by atoms with Crippen LogP contribution >= 0.6 is 0 Å². The van der Waals surface area contributed by atoms with Gasteiger partial charge >= 0.3 is 6.09 Å². The minimum atomic E-state index is -0.638. The number of nitrogens with one attached hydrogen (secondary N) is 1. The first-order chi connectivity index (χ1) is 8.83. The highest BCUT2D eigenvalue weighted by molar-refractivity contribution is 5.88. The third-order valence-electron chi connectivity index (χ3n) is 2.29. The number of amides is 1. The van der Waals surface area contributed by atoms with Crippen molar-refractivity contribution in [3.05, 3.63) is 23.8 Å². The maximum atomic E-state index is 11.7. The highest BCUT2D eigenvalue weighted by atomic mass is 16.6. The van der Waals surface area contributed by atoms with Gasteiger partial charge in [-0.05, 0) is 38.8 Å². The zero-order valence-electron chi connectivity index (χ0n) is 11.4. The van der Waals surface area contributed by atoms with Gasteiger partial charge in [0, 0.05) is 6.42 Å². The molecule has 0 bridgehead atoms. The summed E-state index contributed by atoms with van der Waals surface area (Å²) in [5, 5.41) is 12.3. The summed E-state index contributed by atoms with van der Waals surface area (Å²) in [6, 6.07) is 4.88. The summed E-state index contributed by atoms with van der Waals surface area (Å²) in [6.07, 6.45) is 0.929. The summed E-state index contributed by atoms with van der Waals surface area (Å²) < 4.78 is 5.13. The number of ether oxygens (including phenoxy) is 1. The van der Waals surface area contributed by atoms with E-state index in [9.17, 15) is 14.7 Å². The zero-order chi connectivity index (χ0) is 14.5. The lowest BCUT2D eigenvalue weighted by atomic mass is 10.1. The molecule has 0 aliphatic carbocycles. The number of hydrogen-bond donors (Lipinski definition) is 2. The third-order valence-corrected chi connectivity index (χ3v) is 2.29. The van der Waals surface area contributed by atoms with E-state index in [0.717, 1.165) is 6.29 Å². The van der Waals surface area contributed by atoms with Crippen LogP contribution in [0, 0.1) is 0 Å². The lowest BCUT2D eigenvalue weighted by molar-refractivity contribution is -0.107. The van der Waals surface area contributed by atoms with Gasteiger partial charge in [0.2, 0.25) is 0 Å². The number of anilines is 1. The van der Waals surface area contributed by atoms with Crippen molar-refractivity contribution in [1.82, 2.24) is 0 Å². The fourth-order valence-corrected chi connectivity index (χ4v) is 1.56. The van der Waals surface area contributed by atoms with Crippen molar-refractivity contribution in [1.29, 1.82) is 0 Å². The summed E-state index contributed by atoms with van der Waals surface area (Å²) in [7, 11) is 0. The number of aryl methyl sites for hydroxylation is 1. The lowest BCUT2D eigenvalue weighted by Gasteiger charge is -2.20. The van der Waals surface area contributed by atoms with Gasteiger partial charge in [-0.15, -0.1) is 0 Å². The second kappa shape index (κ2) is 6.22. The van der Waals surface area contributed by atoms with Gasteiger partial charge in [0.1, 0.15) is 17.6 Å². The number of carbonyl (C=O) groups excluding carboxylic acids is 2. The summed E-state index contributed by atoms with van der Waals surface area (Å²) >= 11 is 0. The molecule has 0 aromatic heterocycles. The van der Waals surface area contributed by atoms with Crippen LogP contribution in [0.5, 0.6) is 5.75 Å². The molecule has 1 rings (SSSR count). The van der Waals surface area contributed by atoms with Crippen LogP contribution in [-0.2, 0) is 16.0 Å². The van der Waals surface area contributed by atoms with Crippen molar-refractivity contribution in [3.63, 3.8) is 0 Å². The van der Waals surface area contributed by atoms with Crippen LogP contribution in [0.25, 0.3) is 0 Å². The third kappa shape index (κ3) is 4.99. The van der Waals surface area contributed by atoms with Gasteiger partial charge < -0.3 is 14.6 Å². The summed E-state index contributed by atoms with van der Waals surface area (Å²) in [6.45, 7) is 5.26. The number of phenolic OH excluding ortho intramolecular Hbond substituents is 1. The Morgan fingerprint density at radius 3 is 2.68 bits per heavy atom. The van der Waals surface area contributed by atoms with Crippen molar-refractivity contribution in [2.24, 2.45) is 0 Å². The molecule has 1 aromatic rings. The maximum absolute atomic E-state index is 11.7. The predicted molar refractivity (Wildman–Crippen MR) is 72.3 cm³/mol. The number of benzene rings is 1. The molecule has 0 aliphatic rings. The Morgan fingerprint density at radius 1 is 1.42 bits per heavy atom. The number of aromatic hydroxyl groups is 1. The summed E-state index contributed by atoms with van der Waals surface area (Å²) in [4.78, 5) is 22.1. The van der Waals surface area contributed by atoms with E-state index >= 15 is 0 Å². The Balaban J connectivity index is 2.86. The van der Waals surface area contributed by atoms with Crippen molar-refractivity contribution >= 4 is 18.1 Å². The zero-order valence-corrected chi connectivity index (χ0v) is 11.4. The number of carbonyl (C=O) groups is 2. The number of aldehydes is 1. The van der Waals surface area contributed by atoms with Crippen LogP contribution in [0.2, 0.25) is 0 Å². The Bertz CT molecular complexity index is 463. The van der Waals surface area contributed by atoms with Gasteiger partial charge in [-0.25, -0.2) is 4.79 Å². The molecule has 0 unspecified atom stereocenters.